The van der Waals surface area contributed by atoms with Gasteiger partial charge in [0.25, 0.3) is 5.91 Å². The highest BCUT2D eigenvalue weighted by molar-refractivity contribution is 5.94. The van der Waals surface area contributed by atoms with E-state index in [1.807, 2.05) is 6.92 Å². The minimum atomic E-state index is -0.280. The zero-order valence-corrected chi connectivity index (χ0v) is 10.6. The molecular formula is C15H15FN2O. The summed E-state index contributed by atoms with van der Waals surface area (Å²) in [5.41, 5.74) is 1.41. The van der Waals surface area contributed by atoms with Crippen molar-refractivity contribution in [1.29, 1.82) is 0 Å². The van der Waals surface area contributed by atoms with Crippen LogP contribution in [0.2, 0.25) is 0 Å². The van der Waals surface area contributed by atoms with E-state index < -0.39 is 0 Å². The fraction of sp³-hybridized carbons (Fsp3) is 0.200. The van der Waals surface area contributed by atoms with Gasteiger partial charge in [0.2, 0.25) is 0 Å². The van der Waals surface area contributed by atoms with Crippen molar-refractivity contribution in [1.82, 2.24) is 10.3 Å². The van der Waals surface area contributed by atoms with Crippen LogP contribution in [0.1, 0.15) is 35.3 Å². The Morgan fingerprint density at radius 1 is 1.32 bits per heavy atom. The summed E-state index contributed by atoms with van der Waals surface area (Å²) in [4.78, 5) is 15.9. The minimum Gasteiger partial charge on any atom is -0.345 e. The molecule has 0 saturated carbocycles. The number of pyridine rings is 1. The molecule has 3 nitrogen and oxygen atoms in total. The molecule has 1 unspecified atom stereocenters. The minimum absolute atomic E-state index is 0.131. The Kier molecular flexibility index (Phi) is 4.23. The van der Waals surface area contributed by atoms with Crippen LogP contribution in [0.3, 0.4) is 0 Å². The molecule has 0 bridgehead atoms. The second-order valence-electron chi connectivity index (χ2n) is 4.23. The monoisotopic (exact) mass is 258 g/mol. The smallest absolute Gasteiger partial charge is 0.253 e. The van der Waals surface area contributed by atoms with E-state index in [4.69, 9.17) is 0 Å². The van der Waals surface area contributed by atoms with Gasteiger partial charge in [-0.25, -0.2) is 4.39 Å². The normalized spacial score (nSPS) is 11.9. The maximum absolute atomic E-state index is 12.9. The maximum Gasteiger partial charge on any atom is 0.253 e. The molecule has 2 aromatic rings. The van der Waals surface area contributed by atoms with Crippen LogP contribution < -0.4 is 5.32 Å². The van der Waals surface area contributed by atoms with Gasteiger partial charge in [-0.2, -0.15) is 0 Å². The lowest BCUT2D eigenvalue weighted by Crippen LogP contribution is -2.28. The van der Waals surface area contributed by atoms with Gasteiger partial charge in [0.1, 0.15) is 5.82 Å². The zero-order valence-electron chi connectivity index (χ0n) is 10.6. The number of benzene rings is 1. The van der Waals surface area contributed by atoms with E-state index in [9.17, 15) is 9.18 Å². The standard InChI is InChI=1S/C15H15FN2O/c1-2-14(11-5-7-13(16)8-6-11)18-15(19)12-4-3-9-17-10-12/h3-10,14H,2H2,1H3,(H,18,19). The molecule has 0 fully saturated rings. The average molecular weight is 258 g/mol. The summed E-state index contributed by atoms with van der Waals surface area (Å²) in [6.45, 7) is 1.97. The number of hydrogen-bond acceptors (Lipinski definition) is 2. The molecular weight excluding hydrogens is 243 g/mol. The lowest BCUT2D eigenvalue weighted by atomic mass is 10.0. The van der Waals surface area contributed by atoms with Crippen molar-refractivity contribution in [2.75, 3.05) is 0 Å². The summed E-state index contributed by atoms with van der Waals surface area (Å²) in [6.07, 6.45) is 3.87. The summed E-state index contributed by atoms with van der Waals surface area (Å²) in [7, 11) is 0. The number of aromatic nitrogens is 1. The molecule has 1 N–H and O–H groups in total. The Labute approximate surface area is 111 Å². The Hall–Kier alpha value is -2.23. The lowest BCUT2D eigenvalue weighted by molar-refractivity contribution is 0.0935. The summed E-state index contributed by atoms with van der Waals surface area (Å²) < 4.78 is 12.9. The van der Waals surface area contributed by atoms with Crippen molar-refractivity contribution in [3.05, 3.63) is 65.7 Å². The van der Waals surface area contributed by atoms with Crippen LogP contribution in [0, 0.1) is 5.82 Å². The number of nitrogens with one attached hydrogen (secondary N) is 1. The summed E-state index contributed by atoms with van der Waals surface area (Å²) in [5, 5.41) is 2.92. The van der Waals surface area contributed by atoms with Crippen molar-refractivity contribution in [2.45, 2.75) is 19.4 Å². The average Bonchev–Trinajstić information content (AvgIpc) is 2.46. The maximum atomic E-state index is 12.9. The quantitative estimate of drug-likeness (QED) is 0.915. The number of halogens is 1. The molecule has 0 aliphatic rings. The van der Waals surface area contributed by atoms with Crippen molar-refractivity contribution >= 4 is 5.91 Å². The highest BCUT2D eigenvalue weighted by Crippen LogP contribution is 2.17. The first-order valence-corrected chi connectivity index (χ1v) is 6.17. The van der Waals surface area contributed by atoms with E-state index >= 15 is 0 Å². The number of hydrogen-bond donors (Lipinski definition) is 1. The van der Waals surface area contributed by atoms with Crippen LogP contribution in [-0.2, 0) is 0 Å². The largest absolute Gasteiger partial charge is 0.345 e. The molecule has 0 radical (unpaired) electrons. The molecule has 0 aliphatic carbocycles. The predicted molar refractivity (Wildman–Crippen MR) is 71.1 cm³/mol. The van der Waals surface area contributed by atoms with Gasteiger partial charge in [0.05, 0.1) is 11.6 Å². The van der Waals surface area contributed by atoms with Crippen LogP contribution in [0.25, 0.3) is 0 Å². The van der Waals surface area contributed by atoms with Gasteiger partial charge in [-0.15, -0.1) is 0 Å². The van der Waals surface area contributed by atoms with Gasteiger partial charge < -0.3 is 5.32 Å². The SMILES string of the molecule is CCC(NC(=O)c1cccnc1)c1ccc(F)cc1. The number of amides is 1. The highest BCUT2D eigenvalue weighted by Gasteiger charge is 2.14. The second kappa shape index (κ2) is 6.09. The Balaban J connectivity index is 2.11. The van der Waals surface area contributed by atoms with Gasteiger partial charge in [0, 0.05) is 12.4 Å². The van der Waals surface area contributed by atoms with E-state index in [2.05, 4.69) is 10.3 Å². The first kappa shape index (κ1) is 13.2. The van der Waals surface area contributed by atoms with Gasteiger partial charge in [-0.05, 0) is 36.2 Å². The zero-order chi connectivity index (χ0) is 13.7. The van der Waals surface area contributed by atoms with Crippen LogP contribution in [0.5, 0.6) is 0 Å². The molecule has 0 spiro atoms. The van der Waals surface area contributed by atoms with E-state index in [0.29, 0.717) is 5.56 Å². The van der Waals surface area contributed by atoms with Gasteiger partial charge in [0.15, 0.2) is 0 Å². The number of carbonyl (C=O) groups excluding carboxylic acids is 1. The molecule has 98 valence electrons. The first-order chi connectivity index (χ1) is 9.20. The molecule has 0 aliphatic heterocycles. The first-order valence-electron chi connectivity index (χ1n) is 6.17. The van der Waals surface area contributed by atoms with Crippen molar-refractivity contribution in [3.8, 4) is 0 Å². The highest BCUT2D eigenvalue weighted by atomic mass is 19.1. The number of nitrogens with zero attached hydrogens (tertiary/aromatic N) is 1. The fourth-order valence-corrected chi connectivity index (χ4v) is 1.85. The van der Waals surface area contributed by atoms with E-state index in [1.54, 1.807) is 30.5 Å². The summed E-state index contributed by atoms with van der Waals surface area (Å²) in [5.74, 6) is -0.457. The van der Waals surface area contributed by atoms with Crippen LogP contribution in [0.4, 0.5) is 4.39 Å². The van der Waals surface area contributed by atoms with E-state index in [1.165, 1.54) is 18.3 Å². The van der Waals surface area contributed by atoms with Crippen LogP contribution in [0.15, 0.2) is 48.8 Å². The van der Waals surface area contributed by atoms with Gasteiger partial charge >= 0.3 is 0 Å². The van der Waals surface area contributed by atoms with Gasteiger partial charge in [-0.1, -0.05) is 19.1 Å². The molecule has 1 aromatic carbocycles. The Morgan fingerprint density at radius 2 is 2.05 bits per heavy atom. The molecule has 4 heteroatoms. The van der Waals surface area contributed by atoms with Crippen molar-refractivity contribution < 1.29 is 9.18 Å². The van der Waals surface area contributed by atoms with E-state index in [-0.39, 0.29) is 17.8 Å². The molecule has 0 saturated heterocycles. The summed E-state index contributed by atoms with van der Waals surface area (Å²) >= 11 is 0. The molecule has 1 aromatic heterocycles. The molecule has 1 amide bonds. The Morgan fingerprint density at radius 3 is 2.63 bits per heavy atom. The fourth-order valence-electron chi connectivity index (χ4n) is 1.85. The van der Waals surface area contributed by atoms with E-state index in [0.717, 1.165) is 12.0 Å². The molecule has 2 rings (SSSR count). The third-order valence-corrected chi connectivity index (χ3v) is 2.91. The summed E-state index contributed by atoms with van der Waals surface area (Å²) in [6, 6.07) is 9.46. The van der Waals surface area contributed by atoms with Crippen molar-refractivity contribution in [3.63, 3.8) is 0 Å². The lowest BCUT2D eigenvalue weighted by Gasteiger charge is -2.17. The van der Waals surface area contributed by atoms with Gasteiger partial charge in [-0.3, -0.25) is 9.78 Å². The molecule has 1 atom stereocenters. The second-order valence-corrected chi connectivity index (χ2v) is 4.23. The van der Waals surface area contributed by atoms with Crippen molar-refractivity contribution in [2.24, 2.45) is 0 Å². The molecule has 1 heterocycles. The number of carbonyl (C=O) groups is 1. The number of rotatable bonds is 4. The third kappa shape index (κ3) is 3.37. The topological polar surface area (TPSA) is 42.0 Å². The predicted octanol–water partition coefficient (Wildman–Crippen LogP) is 3.10. The molecule has 19 heavy (non-hydrogen) atoms. The van der Waals surface area contributed by atoms with Crippen LogP contribution >= 0.6 is 0 Å². The Bertz CT molecular complexity index is 540. The third-order valence-electron chi connectivity index (χ3n) is 2.91. The van der Waals surface area contributed by atoms with Crippen LogP contribution in [-0.4, -0.2) is 10.9 Å².